The van der Waals surface area contributed by atoms with Gasteiger partial charge in [-0.15, -0.1) is 0 Å². The first-order chi connectivity index (χ1) is 6.75. The molecule has 72 valence electrons. The van der Waals surface area contributed by atoms with E-state index in [9.17, 15) is 0 Å². The smallest absolute Gasteiger partial charge is 0.0662 e. The molecule has 2 nitrogen and oxygen atoms in total. The number of hydrogen-bond acceptors (Lipinski definition) is 1. The van der Waals surface area contributed by atoms with Crippen molar-refractivity contribution < 1.29 is 0 Å². The van der Waals surface area contributed by atoms with Gasteiger partial charge in [0.2, 0.25) is 0 Å². The minimum atomic E-state index is 0.860. The zero-order valence-corrected chi connectivity index (χ0v) is 8.57. The molecule has 0 N–H and O–H groups in total. The summed E-state index contributed by atoms with van der Waals surface area (Å²) in [7, 11) is 0. The average molecular weight is 186 g/mol. The molecule has 2 aromatic rings. The summed E-state index contributed by atoms with van der Waals surface area (Å²) in [5, 5.41) is 4.25. The van der Waals surface area contributed by atoms with Gasteiger partial charge in [0.15, 0.2) is 0 Å². The molecule has 1 aromatic carbocycles. The van der Waals surface area contributed by atoms with Gasteiger partial charge in [0.05, 0.1) is 6.54 Å². The molecular formula is C12H14N2. The van der Waals surface area contributed by atoms with Gasteiger partial charge in [-0.1, -0.05) is 29.8 Å². The second-order valence-electron chi connectivity index (χ2n) is 3.62. The van der Waals surface area contributed by atoms with Crippen LogP contribution in [0.15, 0.2) is 36.5 Å². The van der Waals surface area contributed by atoms with Crippen LogP contribution < -0.4 is 0 Å². The summed E-state index contributed by atoms with van der Waals surface area (Å²) < 4.78 is 2.00. The molecule has 1 aromatic heterocycles. The SMILES string of the molecule is Cc1ccc(Cn2nccc2C)cc1. The predicted molar refractivity (Wildman–Crippen MR) is 57.2 cm³/mol. The van der Waals surface area contributed by atoms with E-state index in [1.807, 2.05) is 16.9 Å². The van der Waals surface area contributed by atoms with Crippen LogP contribution in [0.5, 0.6) is 0 Å². The van der Waals surface area contributed by atoms with Gasteiger partial charge in [-0.05, 0) is 25.5 Å². The lowest BCUT2D eigenvalue weighted by atomic mass is 10.1. The maximum absolute atomic E-state index is 4.25. The van der Waals surface area contributed by atoms with Crippen molar-refractivity contribution in [2.24, 2.45) is 0 Å². The summed E-state index contributed by atoms with van der Waals surface area (Å²) in [5.41, 5.74) is 3.79. The van der Waals surface area contributed by atoms with Crippen molar-refractivity contribution in [3.05, 3.63) is 53.3 Å². The standard InChI is InChI=1S/C12H14N2/c1-10-3-5-12(6-4-10)9-14-11(2)7-8-13-14/h3-8H,9H2,1-2H3. The molecule has 14 heavy (non-hydrogen) atoms. The molecule has 0 saturated heterocycles. The minimum Gasteiger partial charge on any atom is -0.265 e. The Bertz CT molecular complexity index is 412. The highest BCUT2D eigenvalue weighted by Gasteiger charge is 1.97. The molecule has 2 rings (SSSR count). The van der Waals surface area contributed by atoms with Crippen LogP contribution in [-0.2, 0) is 6.54 Å². The summed E-state index contributed by atoms with van der Waals surface area (Å²) in [6.07, 6.45) is 1.84. The lowest BCUT2D eigenvalue weighted by Crippen LogP contribution is -2.03. The van der Waals surface area contributed by atoms with E-state index in [-0.39, 0.29) is 0 Å². The number of rotatable bonds is 2. The molecule has 1 heterocycles. The van der Waals surface area contributed by atoms with E-state index in [1.54, 1.807) is 0 Å². The molecule has 0 spiro atoms. The zero-order chi connectivity index (χ0) is 9.97. The minimum absolute atomic E-state index is 0.860. The molecule has 0 aliphatic heterocycles. The molecule has 0 unspecified atom stereocenters. The molecule has 0 amide bonds. The third-order valence-corrected chi connectivity index (χ3v) is 2.38. The number of benzene rings is 1. The Morgan fingerprint density at radius 2 is 1.79 bits per heavy atom. The van der Waals surface area contributed by atoms with Crippen LogP contribution in [0.3, 0.4) is 0 Å². The van der Waals surface area contributed by atoms with Gasteiger partial charge in [0, 0.05) is 11.9 Å². The number of nitrogens with zero attached hydrogens (tertiary/aromatic N) is 2. The maximum Gasteiger partial charge on any atom is 0.0662 e. The summed E-state index contributed by atoms with van der Waals surface area (Å²) >= 11 is 0. The third-order valence-electron chi connectivity index (χ3n) is 2.38. The van der Waals surface area contributed by atoms with Crippen molar-refractivity contribution in [3.8, 4) is 0 Å². The summed E-state index contributed by atoms with van der Waals surface area (Å²) in [6, 6.07) is 10.6. The fourth-order valence-corrected chi connectivity index (χ4v) is 1.43. The van der Waals surface area contributed by atoms with Crippen molar-refractivity contribution in [2.45, 2.75) is 20.4 Å². The Morgan fingerprint density at radius 3 is 2.36 bits per heavy atom. The van der Waals surface area contributed by atoms with Gasteiger partial charge in [0.1, 0.15) is 0 Å². The van der Waals surface area contributed by atoms with E-state index in [2.05, 4.69) is 43.2 Å². The summed E-state index contributed by atoms with van der Waals surface area (Å²) in [4.78, 5) is 0. The Hall–Kier alpha value is -1.57. The highest BCUT2D eigenvalue weighted by atomic mass is 15.3. The van der Waals surface area contributed by atoms with Crippen molar-refractivity contribution in [3.63, 3.8) is 0 Å². The molecular weight excluding hydrogens is 172 g/mol. The number of hydrogen-bond donors (Lipinski definition) is 0. The van der Waals surface area contributed by atoms with Crippen LogP contribution >= 0.6 is 0 Å². The van der Waals surface area contributed by atoms with Gasteiger partial charge in [-0.25, -0.2) is 0 Å². The Balaban J connectivity index is 2.19. The first-order valence-corrected chi connectivity index (χ1v) is 4.79. The Labute approximate surface area is 84.2 Å². The van der Waals surface area contributed by atoms with Gasteiger partial charge < -0.3 is 0 Å². The zero-order valence-electron chi connectivity index (χ0n) is 8.57. The van der Waals surface area contributed by atoms with Crippen LogP contribution in [0.25, 0.3) is 0 Å². The highest BCUT2D eigenvalue weighted by Crippen LogP contribution is 2.06. The van der Waals surface area contributed by atoms with Gasteiger partial charge in [0.25, 0.3) is 0 Å². The normalized spacial score (nSPS) is 10.4. The molecule has 0 saturated carbocycles. The van der Waals surface area contributed by atoms with Crippen LogP contribution in [0.2, 0.25) is 0 Å². The van der Waals surface area contributed by atoms with Crippen LogP contribution in [-0.4, -0.2) is 9.78 Å². The number of aromatic nitrogens is 2. The van der Waals surface area contributed by atoms with Crippen molar-refractivity contribution in [2.75, 3.05) is 0 Å². The maximum atomic E-state index is 4.25. The molecule has 0 fully saturated rings. The average Bonchev–Trinajstić information content (AvgIpc) is 2.56. The topological polar surface area (TPSA) is 17.8 Å². The van der Waals surface area contributed by atoms with Crippen LogP contribution in [0, 0.1) is 13.8 Å². The molecule has 0 atom stereocenters. The summed E-state index contributed by atoms with van der Waals surface area (Å²) in [5.74, 6) is 0. The second-order valence-corrected chi connectivity index (χ2v) is 3.62. The first-order valence-electron chi connectivity index (χ1n) is 4.79. The van der Waals surface area contributed by atoms with E-state index in [4.69, 9.17) is 0 Å². The van der Waals surface area contributed by atoms with Crippen LogP contribution in [0.4, 0.5) is 0 Å². The van der Waals surface area contributed by atoms with E-state index < -0.39 is 0 Å². The van der Waals surface area contributed by atoms with E-state index in [1.165, 1.54) is 16.8 Å². The van der Waals surface area contributed by atoms with Gasteiger partial charge >= 0.3 is 0 Å². The lowest BCUT2D eigenvalue weighted by Gasteiger charge is -2.04. The van der Waals surface area contributed by atoms with Crippen LogP contribution in [0.1, 0.15) is 16.8 Å². The highest BCUT2D eigenvalue weighted by molar-refractivity contribution is 5.21. The second kappa shape index (κ2) is 3.66. The fraction of sp³-hybridized carbons (Fsp3) is 0.250. The third kappa shape index (κ3) is 1.84. The fourth-order valence-electron chi connectivity index (χ4n) is 1.43. The monoisotopic (exact) mass is 186 g/mol. The van der Waals surface area contributed by atoms with E-state index in [0.717, 1.165) is 6.54 Å². The molecule has 0 aliphatic rings. The lowest BCUT2D eigenvalue weighted by molar-refractivity contribution is 0.665. The first kappa shape index (κ1) is 9.00. The molecule has 2 heteroatoms. The predicted octanol–water partition coefficient (Wildman–Crippen LogP) is 2.55. The van der Waals surface area contributed by atoms with Crippen molar-refractivity contribution in [1.29, 1.82) is 0 Å². The Kier molecular flexibility index (Phi) is 2.35. The Morgan fingerprint density at radius 1 is 1.07 bits per heavy atom. The van der Waals surface area contributed by atoms with E-state index in [0.29, 0.717) is 0 Å². The summed E-state index contributed by atoms with van der Waals surface area (Å²) in [6.45, 7) is 5.03. The number of aryl methyl sites for hydroxylation is 2. The molecule has 0 bridgehead atoms. The quantitative estimate of drug-likeness (QED) is 0.704. The van der Waals surface area contributed by atoms with Gasteiger partial charge in [-0.2, -0.15) is 5.10 Å². The molecule has 0 aliphatic carbocycles. The van der Waals surface area contributed by atoms with Crippen molar-refractivity contribution in [1.82, 2.24) is 9.78 Å². The van der Waals surface area contributed by atoms with E-state index >= 15 is 0 Å². The van der Waals surface area contributed by atoms with Gasteiger partial charge in [-0.3, -0.25) is 4.68 Å². The molecule has 0 radical (unpaired) electrons. The van der Waals surface area contributed by atoms with Crippen molar-refractivity contribution >= 4 is 0 Å². The largest absolute Gasteiger partial charge is 0.265 e.